The Morgan fingerprint density at radius 1 is 0.432 bits per heavy atom. The number of hydrogen-bond donors (Lipinski definition) is 2. The van der Waals surface area contributed by atoms with Gasteiger partial charge in [-0.1, -0.05) is 135 Å². The smallest absolute Gasteiger partial charge is 0.335 e. The summed E-state index contributed by atoms with van der Waals surface area (Å²) in [6.07, 6.45) is 33.2. The lowest BCUT2D eigenvalue weighted by molar-refractivity contribution is -0.134. The van der Waals surface area contributed by atoms with E-state index >= 15 is 0 Å². The number of carbonyl (C=O) groups is 1. The van der Waals surface area contributed by atoms with Crippen molar-refractivity contribution in [2.45, 2.75) is 173 Å². The zero-order chi connectivity index (χ0) is 26.1. The van der Waals surface area contributed by atoms with Gasteiger partial charge in [-0.15, -0.1) is 0 Å². The van der Waals surface area contributed by atoms with Gasteiger partial charge in [-0.2, -0.15) is 0 Å². The molecule has 3 nitrogen and oxygen atoms in total. The van der Waals surface area contributed by atoms with Crippen molar-refractivity contribution in [1.82, 2.24) is 0 Å². The molecule has 3 aliphatic carbocycles. The molecule has 0 aliphatic heterocycles. The lowest BCUT2D eigenvalue weighted by Crippen LogP contribution is -2.32. The minimum absolute atomic E-state index is 0.0340. The molecule has 3 fully saturated rings. The van der Waals surface area contributed by atoms with Crippen molar-refractivity contribution >= 4 is 5.97 Å². The monoisotopic (exact) mass is 516 g/mol. The van der Waals surface area contributed by atoms with E-state index in [9.17, 15) is 15.0 Å². The molecule has 3 aliphatic rings. The number of carboxylic acid groups (broad SMARTS) is 1. The summed E-state index contributed by atoms with van der Waals surface area (Å²) in [5.74, 6) is 0.399. The molecule has 3 heteroatoms. The third kappa shape index (κ3) is 11.0. The fourth-order valence-corrected chi connectivity index (χ4v) is 7.98. The maximum atomic E-state index is 13.1. The van der Waals surface area contributed by atoms with E-state index in [1.54, 1.807) is 0 Å². The van der Waals surface area contributed by atoms with Crippen molar-refractivity contribution in [3.63, 3.8) is 0 Å². The third-order valence-corrected chi connectivity index (χ3v) is 10.1. The lowest BCUT2D eigenvalue weighted by atomic mass is 9.68. The number of rotatable bonds is 5. The molecule has 0 radical (unpaired) electrons. The molecule has 2 N–H and O–H groups in total. The van der Waals surface area contributed by atoms with Gasteiger partial charge in [0.2, 0.25) is 0 Å². The zero-order valence-electron chi connectivity index (χ0n) is 24.2. The maximum Gasteiger partial charge on any atom is 0.335 e. The summed E-state index contributed by atoms with van der Waals surface area (Å²) in [5, 5.41) is 22.6. The minimum atomic E-state index is -0.811. The Morgan fingerprint density at radius 3 is 1.00 bits per heavy atom. The second kappa shape index (κ2) is 18.3. The number of aliphatic carboxylic acids is 1. The van der Waals surface area contributed by atoms with Crippen molar-refractivity contribution in [2.75, 3.05) is 0 Å². The molecule has 3 rings (SSSR count). The highest BCUT2D eigenvalue weighted by atomic mass is 16.4. The van der Waals surface area contributed by atoms with E-state index in [-0.39, 0.29) is 11.8 Å². The van der Waals surface area contributed by atoms with Crippen molar-refractivity contribution in [3.8, 4) is 0 Å². The molecule has 0 spiro atoms. The van der Waals surface area contributed by atoms with Gasteiger partial charge in [0.15, 0.2) is 0 Å². The van der Waals surface area contributed by atoms with Crippen LogP contribution < -0.4 is 0 Å². The van der Waals surface area contributed by atoms with Crippen molar-refractivity contribution in [1.29, 1.82) is 0 Å². The normalized spacial score (nSPS) is 25.2. The highest BCUT2D eigenvalue weighted by Gasteiger charge is 2.38. The highest BCUT2D eigenvalue weighted by molar-refractivity contribution is 5.88. The van der Waals surface area contributed by atoms with Crippen molar-refractivity contribution < 1.29 is 15.0 Å². The summed E-state index contributed by atoms with van der Waals surface area (Å²) >= 11 is 0. The molecule has 214 valence electrons. The second-order valence-electron chi connectivity index (χ2n) is 13.0. The first-order valence-corrected chi connectivity index (χ1v) is 16.8. The summed E-state index contributed by atoms with van der Waals surface area (Å²) in [7, 11) is 0. The van der Waals surface area contributed by atoms with Crippen LogP contribution in [0.1, 0.15) is 173 Å². The van der Waals surface area contributed by atoms with Gasteiger partial charge in [0.25, 0.3) is 0 Å². The molecule has 0 saturated heterocycles. The predicted molar refractivity (Wildman–Crippen MR) is 156 cm³/mol. The Labute approximate surface area is 229 Å². The SMILES string of the molecule is O=C(O)C(=C(O)C1CCCCCCCCC1)C(C1CCCCCCCCC1)C1CCCCCCCCC1. The topological polar surface area (TPSA) is 57.5 Å². The Hall–Kier alpha value is -0.990. The molecular weight excluding hydrogens is 456 g/mol. The molecule has 0 aromatic heterocycles. The Kier molecular flexibility index (Phi) is 15.1. The van der Waals surface area contributed by atoms with Gasteiger partial charge >= 0.3 is 5.97 Å². The zero-order valence-corrected chi connectivity index (χ0v) is 24.2. The van der Waals surface area contributed by atoms with Crippen LogP contribution in [0.15, 0.2) is 11.3 Å². The molecule has 0 atom stereocenters. The number of aliphatic hydroxyl groups excluding tert-OH is 1. The van der Waals surface area contributed by atoms with Crippen LogP contribution in [0.2, 0.25) is 0 Å². The first kappa shape index (κ1) is 30.6. The first-order chi connectivity index (χ1) is 18.2. The van der Waals surface area contributed by atoms with Crippen LogP contribution in [-0.2, 0) is 4.79 Å². The number of allylic oxidation sites excluding steroid dienone is 1. The average molecular weight is 517 g/mol. The van der Waals surface area contributed by atoms with Gasteiger partial charge < -0.3 is 10.2 Å². The largest absolute Gasteiger partial charge is 0.511 e. The first-order valence-electron chi connectivity index (χ1n) is 16.8. The fourth-order valence-electron chi connectivity index (χ4n) is 7.98. The summed E-state index contributed by atoms with van der Waals surface area (Å²) < 4.78 is 0. The van der Waals surface area contributed by atoms with E-state index in [0.717, 1.165) is 51.4 Å². The molecule has 3 saturated carbocycles. The Balaban J connectivity index is 1.95. The summed E-state index contributed by atoms with van der Waals surface area (Å²) in [4.78, 5) is 13.1. The minimum Gasteiger partial charge on any atom is -0.511 e. The lowest BCUT2D eigenvalue weighted by Gasteiger charge is -2.37. The van der Waals surface area contributed by atoms with Gasteiger partial charge in [0.05, 0.1) is 5.57 Å². The Bertz CT molecular complexity index is 597. The van der Waals surface area contributed by atoms with Crippen molar-refractivity contribution in [2.24, 2.45) is 23.7 Å². The van der Waals surface area contributed by atoms with Crippen LogP contribution in [0.5, 0.6) is 0 Å². The van der Waals surface area contributed by atoms with E-state index < -0.39 is 5.97 Å². The standard InChI is InChI=1S/C34H60O3/c35-33(30-26-20-14-8-3-9-15-21-27-30)32(34(36)37)31(28-22-16-10-4-1-5-11-17-23-28)29-24-18-12-6-2-7-13-19-25-29/h28-31,35H,1-27H2,(H,36,37). The van der Waals surface area contributed by atoms with E-state index in [0.29, 0.717) is 23.2 Å². The molecular formula is C34H60O3. The number of carboxylic acids is 1. The average Bonchev–Trinajstić information content (AvgIpc) is 2.91. The van der Waals surface area contributed by atoms with Crippen LogP contribution in [-0.4, -0.2) is 16.2 Å². The van der Waals surface area contributed by atoms with Crippen LogP contribution in [0, 0.1) is 23.7 Å². The summed E-state index contributed by atoms with van der Waals surface area (Å²) in [6, 6.07) is 0. The molecule has 0 aromatic rings. The van der Waals surface area contributed by atoms with E-state index in [4.69, 9.17) is 0 Å². The highest BCUT2D eigenvalue weighted by Crippen LogP contribution is 2.44. The van der Waals surface area contributed by atoms with Gasteiger partial charge in [-0.05, 0) is 50.4 Å². The van der Waals surface area contributed by atoms with Gasteiger partial charge in [-0.25, -0.2) is 4.79 Å². The van der Waals surface area contributed by atoms with Crippen LogP contribution in [0.25, 0.3) is 0 Å². The van der Waals surface area contributed by atoms with Gasteiger partial charge in [0.1, 0.15) is 5.76 Å². The Morgan fingerprint density at radius 2 is 0.703 bits per heavy atom. The summed E-state index contributed by atoms with van der Waals surface area (Å²) in [5.41, 5.74) is 0.464. The fraction of sp³-hybridized carbons (Fsp3) is 0.912. The molecule has 0 unspecified atom stereocenters. The van der Waals surface area contributed by atoms with Crippen molar-refractivity contribution in [3.05, 3.63) is 11.3 Å². The predicted octanol–water partition coefficient (Wildman–Crippen LogP) is 10.9. The second-order valence-corrected chi connectivity index (χ2v) is 13.0. The van der Waals surface area contributed by atoms with E-state index in [1.807, 2.05) is 0 Å². The van der Waals surface area contributed by atoms with E-state index in [1.165, 1.54) is 122 Å². The molecule has 0 aromatic carbocycles. The summed E-state index contributed by atoms with van der Waals surface area (Å²) in [6.45, 7) is 0. The van der Waals surface area contributed by atoms with E-state index in [2.05, 4.69) is 0 Å². The van der Waals surface area contributed by atoms with Gasteiger partial charge in [-0.3, -0.25) is 0 Å². The van der Waals surface area contributed by atoms with Crippen LogP contribution in [0.3, 0.4) is 0 Å². The van der Waals surface area contributed by atoms with Gasteiger partial charge in [0, 0.05) is 11.8 Å². The quantitative estimate of drug-likeness (QED) is 0.282. The third-order valence-electron chi connectivity index (χ3n) is 10.1. The number of hydrogen-bond acceptors (Lipinski definition) is 2. The number of aliphatic hydroxyl groups is 1. The molecule has 37 heavy (non-hydrogen) atoms. The van der Waals surface area contributed by atoms with Crippen LogP contribution >= 0.6 is 0 Å². The molecule has 0 bridgehead atoms. The molecule has 0 heterocycles. The molecule has 0 amide bonds. The van der Waals surface area contributed by atoms with Crippen LogP contribution in [0.4, 0.5) is 0 Å². The maximum absolute atomic E-state index is 13.1.